The molecule has 0 unspecified atom stereocenters. The third-order valence-electron chi connectivity index (χ3n) is 3.22. The van der Waals surface area contributed by atoms with Crippen molar-refractivity contribution in [3.8, 4) is 5.75 Å². The third-order valence-corrected chi connectivity index (χ3v) is 3.22. The van der Waals surface area contributed by atoms with Crippen LogP contribution in [-0.2, 0) is 4.79 Å². The number of hydrogen-bond acceptors (Lipinski definition) is 3. The Morgan fingerprint density at radius 1 is 1.22 bits per heavy atom. The van der Waals surface area contributed by atoms with Gasteiger partial charge in [0.05, 0.1) is 0 Å². The van der Waals surface area contributed by atoms with Crippen molar-refractivity contribution >= 4 is 11.6 Å². The molecule has 18 heavy (non-hydrogen) atoms. The van der Waals surface area contributed by atoms with Crippen LogP contribution in [0.15, 0.2) is 24.3 Å². The summed E-state index contributed by atoms with van der Waals surface area (Å²) < 4.78 is 5.40. The van der Waals surface area contributed by atoms with Gasteiger partial charge < -0.3 is 15.8 Å². The smallest absolute Gasteiger partial charge is 0.258 e. The summed E-state index contributed by atoms with van der Waals surface area (Å²) in [7, 11) is 0. The van der Waals surface area contributed by atoms with Crippen LogP contribution in [0.5, 0.6) is 5.75 Å². The van der Waals surface area contributed by atoms with Gasteiger partial charge in [0.25, 0.3) is 5.91 Å². The van der Waals surface area contributed by atoms with Gasteiger partial charge in [-0.3, -0.25) is 4.79 Å². The van der Waals surface area contributed by atoms with Crippen LogP contribution in [-0.4, -0.2) is 18.6 Å². The van der Waals surface area contributed by atoms with Crippen molar-refractivity contribution in [3.63, 3.8) is 0 Å². The maximum absolute atomic E-state index is 11.7. The minimum atomic E-state index is -0.0428. The summed E-state index contributed by atoms with van der Waals surface area (Å²) in [5.41, 5.74) is 6.26. The number of amides is 1. The van der Waals surface area contributed by atoms with Crippen molar-refractivity contribution in [1.29, 1.82) is 0 Å². The lowest BCUT2D eigenvalue weighted by atomic mass is 9.95. The SMILES string of the molecule is Nc1ccc(OCC(=O)NC2CCCCC2)cc1. The lowest BCUT2D eigenvalue weighted by Gasteiger charge is -2.22. The molecule has 0 atom stereocenters. The van der Waals surface area contributed by atoms with E-state index < -0.39 is 0 Å². The van der Waals surface area contributed by atoms with Gasteiger partial charge in [-0.25, -0.2) is 0 Å². The highest BCUT2D eigenvalue weighted by atomic mass is 16.5. The number of nitrogen functional groups attached to an aromatic ring is 1. The average Bonchev–Trinajstić information content (AvgIpc) is 2.39. The molecule has 2 rings (SSSR count). The van der Waals surface area contributed by atoms with Crippen LogP contribution < -0.4 is 15.8 Å². The van der Waals surface area contributed by atoms with E-state index in [0.29, 0.717) is 17.5 Å². The number of rotatable bonds is 4. The molecule has 0 aromatic heterocycles. The van der Waals surface area contributed by atoms with Crippen LogP contribution in [0.1, 0.15) is 32.1 Å². The highest BCUT2D eigenvalue weighted by Gasteiger charge is 2.15. The van der Waals surface area contributed by atoms with Crippen LogP contribution in [0.25, 0.3) is 0 Å². The van der Waals surface area contributed by atoms with Crippen molar-refractivity contribution < 1.29 is 9.53 Å². The lowest BCUT2D eigenvalue weighted by Crippen LogP contribution is -2.38. The molecule has 0 saturated heterocycles. The first kappa shape index (κ1) is 12.7. The normalized spacial score (nSPS) is 16.2. The van der Waals surface area contributed by atoms with Gasteiger partial charge in [0, 0.05) is 11.7 Å². The van der Waals surface area contributed by atoms with E-state index in [9.17, 15) is 4.79 Å². The van der Waals surface area contributed by atoms with Gasteiger partial charge in [-0.1, -0.05) is 19.3 Å². The number of carbonyl (C=O) groups excluding carboxylic acids is 1. The first-order chi connectivity index (χ1) is 8.74. The molecule has 1 aromatic carbocycles. The molecule has 3 N–H and O–H groups in total. The Morgan fingerprint density at radius 2 is 1.89 bits per heavy atom. The van der Waals surface area contributed by atoms with Crippen LogP contribution >= 0.6 is 0 Å². The number of nitrogens with one attached hydrogen (secondary N) is 1. The first-order valence-corrected chi connectivity index (χ1v) is 6.52. The molecule has 0 spiro atoms. The summed E-state index contributed by atoms with van der Waals surface area (Å²) in [6.45, 7) is 0.0699. The highest BCUT2D eigenvalue weighted by Crippen LogP contribution is 2.17. The Kier molecular flexibility index (Phi) is 4.45. The van der Waals surface area contributed by atoms with E-state index >= 15 is 0 Å². The fourth-order valence-corrected chi connectivity index (χ4v) is 2.23. The van der Waals surface area contributed by atoms with E-state index in [1.165, 1.54) is 19.3 Å². The summed E-state index contributed by atoms with van der Waals surface area (Å²) in [6, 6.07) is 7.39. The predicted octanol–water partition coefficient (Wildman–Crippen LogP) is 2.10. The highest BCUT2D eigenvalue weighted by molar-refractivity contribution is 5.77. The molecule has 1 amide bonds. The topological polar surface area (TPSA) is 64.3 Å². The number of carbonyl (C=O) groups is 1. The van der Waals surface area contributed by atoms with E-state index in [0.717, 1.165) is 12.8 Å². The van der Waals surface area contributed by atoms with Gasteiger partial charge in [0.1, 0.15) is 5.75 Å². The Hall–Kier alpha value is -1.71. The Labute approximate surface area is 108 Å². The van der Waals surface area contributed by atoms with Gasteiger partial charge >= 0.3 is 0 Å². The maximum atomic E-state index is 11.7. The second kappa shape index (κ2) is 6.28. The van der Waals surface area contributed by atoms with E-state index in [4.69, 9.17) is 10.5 Å². The van der Waals surface area contributed by atoms with Gasteiger partial charge in [-0.15, -0.1) is 0 Å². The van der Waals surface area contributed by atoms with Crippen LogP contribution in [0, 0.1) is 0 Å². The molecule has 4 heteroatoms. The van der Waals surface area contributed by atoms with E-state index in [-0.39, 0.29) is 12.5 Å². The van der Waals surface area contributed by atoms with E-state index in [1.54, 1.807) is 24.3 Å². The number of benzene rings is 1. The molecule has 98 valence electrons. The number of nitrogens with two attached hydrogens (primary N) is 1. The monoisotopic (exact) mass is 248 g/mol. The molecule has 1 fully saturated rings. The van der Waals surface area contributed by atoms with Gasteiger partial charge in [0.15, 0.2) is 6.61 Å². The summed E-state index contributed by atoms with van der Waals surface area (Å²) in [5.74, 6) is 0.627. The van der Waals surface area contributed by atoms with Crippen molar-refractivity contribution in [2.45, 2.75) is 38.1 Å². The molecule has 0 bridgehead atoms. The molecule has 0 radical (unpaired) electrons. The Bertz CT molecular complexity index is 383. The molecule has 0 aliphatic heterocycles. The molecular weight excluding hydrogens is 228 g/mol. The van der Waals surface area contributed by atoms with Crippen LogP contribution in [0.2, 0.25) is 0 Å². The Balaban J connectivity index is 1.72. The lowest BCUT2D eigenvalue weighted by molar-refractivity contribution is -0.124. The van der Waals surface area contributed by atoms with Crippen molar-refractivity contribution in [3.05, 3.63) is 24.3 Å². The summed E-state index contributed by atoms with van der Waals surface area (Å²) in [5, 5.41) is 3.01. The molecule has 0 heterocycles. The molecule has 1 saturated carbocycles. The number of hydrogen-bond donors (Lipinski definition) is 2. The van der Waals surface area contributed by atoms with Crippen LogP contribution in [0.4, 0.5) is 5.69 Å². The minimum Gasteiger partial charge on any atom is -0.484 e. The fourth-order valence-electron chi connectivity index (χ4n) is 2.23. The summed E-state index contributed by atoms with van der Waals surface area (Å²) in [4.78, 5) is 11.7. The Morgan fingerprint density at radius 3 is 2.56 bits per heavy atom. The predicted molar refractivity (Wildman–Crippen MR) is 71.4 cm³/mol. The quantitative estimate of drug-likeness (QED) is 0.802. The molecule has 1 aliphatic rings. The van der Waals surface area contributed by atoms with Crippen molar-refractivity contribution in [2.75, 3.05) is 12.3 Å². The first-order valence-electron chi connectivity index (χ1n) is 6.52. The molecule has 1 aromatic rings. The zero-order valence-electron chi connectivity index (χ0n) is 10.5. The van der Waals surface area contributed by atoms with E-state index in [1.807, 2.05) is 0 Å². The standard InChI is InChI=1S/C14H20N2O2/c15-11-6-8-13(9-7-11)18-10-14(17)16-12-4-2-1-3-5-12/h6-9,12H,1-5,10,15H2,(H,16,17). The second-order valence-electron chi connectivity index (χ2n) is 4.76. The van der Waals surface area contributed by atoms with E-state index in [2.05, 4.69) is 5.32 Å². The molecule has 1 aliphatic carbocycles. The average molecular weight is 248 g/mol. The fraction of sp³-hybridized carbons (Fsp3) is 0.500. The van der Waals surface area contributed by atoms with Crippen molar-refractivity contribution in [2.24, 2.45) is 0 Å². The summed E-state index contributed by atoms with van der Waals surface area (Å²) in [6.07, 6.45) is 5.89. The molecular formula is C14H20N2O2. The number of anilines is 1. The largest absolute Gasteiger partial charge is 0.484 e. The summed E-state index contributed by atoms with van der Waals surface area (Å²) >= 11 is 0. The van der Waals surface area contributed by atoms with Gasteiger partial charge in [0.2, 0.25) is 0 Å². The van der Waals surface area contributed by atoms with Gasteiger partial charge in [-0.2, -0.15) is 0 Å². The number of ether oxygens (including phenoxy) is 1. The second-order valence-corrected chi connectivity index (χ2v) is 4.76. The minimum absolute atomic E-state index is 0.0428. The van der Waals surface area contributed by atoms with Crippen molar-refractivity contribution in [1.82, 2.24) is 5.32 Å². The van der Waals surface area contributed by atoms with Gasteiger partial charge in [-0.05, 0) is 37.1 Å². The maximum Gasteiger partial charge on any atom is 0.258 e. The zero-order valence-corrected chi connectivity index (χ0v) is 10.5. The molecule has 4 nitrogen and oxygen atoms in total. The third kappa shape index (κ3) is 3.95. The van der Waals surface area contributed by atoms with Crippen LogP contribution in [0.3, 0.4) is 0 Å². The zero-order chi connectivity index (χ0) is 12.8.